The number of anilines is 1. The molecule has 2 aromatic carbocycles. The molecule has 1 amide bonds. The zero-order chi connectivity index (χ0) is 15.4. The predicted molar refractivity (Wildman–Crippen MR) is 80.5 cm³/mol. The summed E-state index contributed by atoms with van der Waals surface area (Å²) >= 11 is 0. The summed E-state index contributed by atoms with van der Waals surface area (Å²) < 4.78 is 0. The second-order valence-corrected chi connectivity index (χ2v) is 4.62. The van der Waals surface area contributed by atoms with Crippen molar-refractivity contribution in [3.63, 3.8) is 0 Å². The number of aromatic carboxylic acids is 1. The van der Waals surface area contributed by atoms with E-state index in [0.717, 1.165) is 5.56 Å². The van der Waals surface area contributed by atoms with Crippen LogP contribution in [0.1, 0.15) is 26.3 Å². The first-order valence-electron chi connectivity index (χ1n) is 6.43. The molecule has 0 aliphatic carbocycles. The van der Waals surface area contributed by atoms with E-state index in [9.17, 15) is 9.59 Å². The molecule has 0 saturated carbocycles. The van der Waals surface area contributed by atoms with Gasteiger partial charge in [-0.2, -0.15) is 0 Å². The zero-order valence-electron chi connectivity index (χ0n) is 11.6. The molecule has 21 heavy (non-hydrogen) atoms. The second kappa shape index (κ2) is 6.19. The van der Waals surface area contributed by atoms with Crippen molar-refractivity contribution < 1.29 is 14.7 Å². The highest BCUT2D eigenvalue weighted by atomic mass is 16.4. The average molecular weight is 284 g/mol. The van der Waals surface area contributed by atoms with Crippen molar-refractivity contribution in [2.45, 2.75) is 6.54 Å². The van der Waals surface area contributed by atoms with Gasteiger partial charge in [0, 0.05) is 24.8 Å². The number of carboxylic acids is 1. The SMILES string of the molecule is CN(C(=O)c1ccc(CN)cc1)c1ccc(C(=O)O)cc1. The molecule has 0 fully saturated rings. The van der Waals surface area contributed by atoms with Crippen LogP contribution < -0.4 is 10.6 Å². The largest absolute Gasteiger partial charge is 0.478 e. The molecule has 0 unspecified atom stereocenters. The first kappa shape index (κ1) is 14.7. The maximum absolute atomic E-state index is 12.3. The second-order valence-electron chi connectivity index (χ2n) is 4.62. The molecule has 5 heteroatoms. The van der Waals surface area contributed by atoms with Gasteiger partial charge in [-0.25, -0.2) is 4.79 Å². The molecular formula is C16H16N2O3. The van der Waals surface area contributed by atoms with Gasteiger partial charge in [0.25, 0.3) is 5.91 Å². The summed E-state index contributed by atoms with van der Waals surface area (Å²) in [6, 6.07) is 13.2. The minimum absolute atomic E-state index is 0.165. The molecule has 0 heterocycles. The van der Waals surface area contributed by atoms with E-state index in [4.69, 9.17) is 10.8 Å². The summed E-state index contributed by atoms with van der Waals surface area (Å²) in [6.45, 7) is 0.432. The Morgan fingerprint density at radius 1 is 1.00 bits per heavy atom. The van der Waals surface area contributed by atoms with Crippen molar-refractivity contribution in [1.82, 2.24) is 0 Å². The van der Waals surface area contributed by atoms with Gasteiger partial charge in [-0.1, -0.05) is 12.1 Å². The molecular weight excluding hydrogens is 268 g/mol. The topological polar surface area (TPSA) is 83.6 Å². The van der Waals surface area contributed by atoms with Crippen LogP contribution >= 0.6 is 0 Å². The summed E-state index contributed by atoms with van der Waals surface area (Å²) in [5, 5.41) is 8.86. The van der Waals surface area contributed by atoms with Crippen LogP contribution in [0.4, 0.5) is 5.69 Å². The lowest BCUT2D eigenvalue weighted by Gasteiger charge is -2.17. The summed E-state index contributed by atoms with van der Waals surface area (Å²) in [6.07, 6.45) is 0. The van der Waals surface area contributed by atoms with Gasteiger partial charge in [0.15, 0.2) is 0 Å². The number of rotatable bonds is 4. The number of benzene rings is 2. The number of carbonyl (C=O) groups is 2. The highest BCUT2D eigenvalue weighted by Crippen LogP contribution is 2.17. The van der Waals surface area contributed by atoms with Gasteiger partial charge in [0.05, 0.1) is 5.56 Å². The summed E-state index contributed by atoms with van der Waals surface area (Å²) in [7, 11) is 1.65. The first-order valence-corrected chi connectivity index (χ1v) is 6.43. The third-order valence-corrected chi connectivity index (χ3v) is 3.24. The molecule has 5 nitrogen and oxygen atoms in total. The summed E-state index contributed by atoms with van der Waals surface area (Å²) in [5.41, 5.74) is 7.85. The highest BCUT2D eigenvalue weighted by Gasteiger charge is 2.13. The minimum Gasteiger partial charge on any atom is -0.478 e. The molecule has 0 bridgehead atoms. The Kier molecular flexibility index (Phi) is 4.35. The van der Waals surface area contributed by atoms with Gasteiger partial charge in [0.2, 0.25) is 0 Å². The third-order valence-electron chi connectivity index (χ3n) is 3.24. The van der Waals surface area contributed by atoms with Gasteiger partial charge < -0.3 is 15.7 Å². The Hall–Kier alpha value is -2.66. The molecule has 3 N–H and O–H groups in total. The molecule has 0 aromatic heterocycles. The van der Waals surface area contributed by atoms with Gasteiger partial charge in [0.1, 0.15) is 0 Å². The van der Waals surface area contributed by atoms with Crippen LogP contribution in [0.3, 0.4) is 0 Å². The van der Waals surface area contributed by atoms with Gasteiger partial charge in [-0.3, -0.25) is 4.79 Å². The van der Waals surface area contributed by atoms with Crippen molar-refractivity contribution in [3.8, 4) is 0 Å². The Bertz CT molecular complexity index is 648. The van der Waals surface area contributed by atoms with E-state index >= 15 is 0 Å². The van der Waals surface area contributed by atoms with Crippen LogP contribution in [0.25, 0.3) is 0 Å². The van der Waals surface area contributed by atoms with E-state index in [0.29, 0.717) is 17.8 Å². The maximum Gasteiger partial charge on any atom is 0.335 e. The minimum atomic E-state index is -0.993. The van der Waals surface area contributed by atoms with E-state index in [1.165, 1.54) is 17.0 Å². The van der Waals surface area contributed by atoms with Crippen LogP contribution in [-0.4, -0.2) is 24.0 Å². The molecule has 0 saturated heterocycles. The van der Waals surface area contributed by atoms with Crippen LogP contribution in [0.2, 0.25) is 0 Å². The van der Waals surface area contributed by atoms with Crippen LogP contribution in [-0.2, 0) is 6.54 Å². The van der Waals surface area contributed by atoms with Gasteiger partial charge >= 0.3 is 5.97 Å². The molecule has 2 aromatic rings. The number of hydrogen-bond acceptors (Lipinski definition) is 3. The summed E-state index contributed by atoms with van der Waals surface area (Å²) in [4.78, 5) is 24.6. The van der Waals surface area contributed by atoms with E-state index in [1.54, 1.807) is 31.3 Å². The van der Waals surface area contributed by atoms with Gasteiger partial charge in [-0.15, -0.1) is 0 Å². The predicted octanol–water partition coefficient (Wildman–Crippen LogP) is 2.12. The van der Waals surface area contributed by atoms with Crippen molar-refractivity contribution in [2.24, 2.45) is 5.73 Å². The number of nitrogens with zero attached hydrogens (tertiary/aromatic N) is 1. The van der Waals surface area contributed by atoms with Gasteiger partial charge in [-0.05, 0) is 42.0 Å². The lowest BCUT2D eigenvalue weighted by molar-refractivity contribution is 0.0696. The lowest BCUT2D eigenvalue weighted by Crippen LogP contribution is -2.26. The molecule has 2 rings (SSSR count). The Morgan fingerprint density at radius 2 is 1.52 bits per heavy atom. The quantitative estimate of drug-likeness (QED) is 0.900. The number of nitrogens with two attached hydrogens (primary N) is 1. The standard InChI is InChI=1S/C16H16N2O3/c1-18(14-8-6-13(7-9-14)16(20)21)15(19)12-4-2-11(10-17)3-5-12/h2-9H,10,17H2,1H3,(H,20,21). The fourth-order valence-electron chi connectivity index (χ4n) is 1.92. The van der Waals surface area contributed by atoms with Crippen molar-refractivity contribution >= 4 is 17.6 Å². The Balaban J connectivity index is 2.19. The van der Waals surface area contributed by atoms with Crippen LogP contribution in [0, 0.1) is 0 Å². The van der Waals surface area contributed by atoms with E-state index in [1.807, 2.05) is 12.1 Å². The monoisotopic (exact) mass is 284 g/mol. The molecule has 0 atom stereocenters. The van der Waals surface area contributed by atoms with E-state index < -0.39 is 5.97 Å². The molecule has 0 aliphatic rings. The first-order chi connectivity index (χ1) is 10.0. The smallest absolute Gasteiger partial charge is 0.335 e. The summed E-state index contributed by atoms with van der Waals surface area (Å²) in [5.74, 6) is -1.16. The lowest BCUT2D eigenvalue weighted by atomic mass is 10.1. The Morgan fingerprint density at radius 3 is 2.00 bits per heavy atom. The van der Waals surface area contributed by atoms with Crippen LogP contribution in [0.5, 0.6) is 0 Å². The highest BCUT2D eigenvalue weighted by molar-refractivity contribution is 6.05. The third kappa shape index (κ3) is 3.27. The van der Waals surface area contributed by atoms with E-state index in [-0.39, 0.29) is 11.5 Å². The molecule has 0 aliphatic heterocycles. The fraction of sp³-hybridized carbons (Fsp3) is 0.125. The van der Waals surface area contributed by atoms with E-state index in [2.05, 4.69) is 0 Å². The number of carbonyl (C=O) groups excluding carboxylic acids is 1. The normalized spacial score (nSPS) is 10.2. The Labute approximate surface area is 122 Å². The number of hydrogen-bond donors (Lipinski definition) is 2. The molecule has 0 radical (unpaired) electrons. The van der Waals surface area contributed by atoms with Crippen molar-refractivity contribution in [3.05, 3.63) is 65.2 Å². The van der Waals surface area contributed by atoms with Crippen molar-refractivity contribution in [1.29, 1.82) is 0 Å². The average Bonchev–Trinajstić information content (AvgIpc) is 2.53. The molecule has 108 valence electrons. The maximum atomic E-state index is 12.3. The molecule has 0 spiro atoms. The van der Waals surface area contributed by atoms with Crippen molar-refractivity contribution in [2.75, 3.05) is 11.9 Å². The van der Waals surface area contributed by atoms with Crippen LogP contribution in [0.15, 0.2) is 48.5 Å². The zero-order valence-corrected chi connectivity index (χ0v) is 11.6. The number of carboxylic acid groups (broad SMARTS) is 1. The number of amides is 1. The fourth-order valence-corrected chi connectivity index (χ4v) is 1.92.